The Kier molecular flexibility index (Phi) is 2.89. The normalized spacial score (nSPS) is 50.0. The second-order valence-electron chi connectivity index (χ2n) is 8.12. The van der Waals surface area contributed by atoms with Gasteiger partial charge >= 0.3 is 5.97 Å². The van der Waals surface area contributed by atoms with Gasteiger partial charge in [0.2, 0.25) is 5.91 Å². The van der Waals surface area contributed by atoms with Crippen molar-refractivity contribution in [2.75, 3.05) is 6.54 Å². The first-order chi connectivity index (χ1) is 9.88. The highest BCUT2D eigenvalue weighted by atomic mass is 35.5. The zero-order valence-corrected chi connectivity index (χ0v) is 12.9. The van der Waals surface area contributed by atoms with Gasteiger partial charge < -0.3 is 10.4 Å². The number of carboxylic acid groups (broad SMARTS) is 1. The Balaban J connectivity index is 1.39. The van der Waals surface area contributed by atoms with Crippen LogP contribution in [-0.4, -0.2) is 28.4 Å². The van der Waals surface area contributed by atoms with Crippen LogP contribution in [0, 0.1) is 29.1 Å². The van der Waals surface area contributed by atoms with Gasteiger partial charge in [-0.1, -0.05) is 0 Å². The molecule has 5 aliphatic carbocycles. The molecule has 21 heavy (non-hydrogen) atoms. The Morgan fingerprint density at radius 1 is 1.10 bits per heavy atom. The molecule has 2 unspecified atom stereocenters. The number of rotatable bonds is 4. The first-order valence-corrected chi connectivity index (χ1v) is 8.45. The average Bonchev–Trinajstić information content (AvgIpc) is 3.13. The summed E-state index contributed by atoms with van der Waals surface area (Å²) >= 11 is 6.78. The molecule has 5 heteroatoms. The third-order valence-electron chi connectivity index (χ3n) is 6.19. The molecule has 0 radical (unpaired) electrons. The summed E-state index contributed by atoms with van der Waals surface area (Å²) in [7, 11) is 0. The van der Waals surface area contributed by atoms with Gasteiger partial charge in [0.15, 0.2) is 0 Å². The van der Waals surface area contributed by atoms with E-state index >= 15 is 0 Å². The van der Waals surface area contributed by atoms with Crippen LogP contribution in [0.5, 0.6) is 0 Å². The molecule has 5 aliphatic rings. The van der Waals surface area contributed by atoms with E-state index in [4.69, 9.17) is 16.7 Å². The molecular weight excluding hydrogens is 290 g/mol. The molecule has 116 valence electrons. The molecule has 0 aromatic carbocycles. The zero-order valence-electron chi connectivity index (χ0n) is 12.1. The number of carbonyl (C=O) groups is 2. The van der Waals surface area contributed by atoms with Crippen LogP contribution < -0.4 is 5.32 Å². The van der Waals surface area contributed by atoms with Crippen LogP contribution in [0.3, 0.4) is 0 Å². The van der Waals surface area contributed by atoms with Crippen LogP contribution in [0.2, 0.25) is 0 Å². The minimum atomic E-state index is -0.843. The minimum Gasteiger partial charge on any atom is -0.481 e. The number of hydrogen-bond donors (Lipinski definition) is 2. The molecule has 1 amide bonds. The molecule has 4 nitrogen and oxygen atoms in total. The second kappa shape index (κ2) is 4.37. The highest BCUT2D eigenvalue weighted by Gasteiger charge is 2.57. The highest BCUT2D eigenvalue weighted by molar-refractivity contribution is 6.24. The predicted octanol–water partition coefficient (Wildman–Crippen LogP) is 2.40. The maximum absolute atomic E-state index is 12.1. The molecule has 4 atom stereocenters. The lowest BCUT2D eigenvalue weighted by Crippen LogP contribution is -2.56. The molecule has 0 heterocycles. The monoisotopic (exact) mass is 311 g/mol. The van der Waals surface area contributed by atoms with Gasteiger partial charge in [-0.15, -0.1) is 11.6 Å². The molecule has 5 saturated carbocycles. The summed E-state index contributed by atoms with van der Waals surface area (Å²) in [6.07, 6.45) is 7.49. The van der Waals surface area contributed by atoms with Crippen LogP contribution in [0.1, 0.15) is 44.9 Å². The summed E-state index contributed by atoms with van der Waals surface area (Å²) in [4.78, 5) is 22.9. The lowest BCUT2D eigenvalue weighted by molar-refractivity contribution is -0.140. The third kappa shape index (κ3) is 2.36. The maximum atomic E-state index is 12.1. The zero-order chi connectivity index (χ0) is 14.8. The molecule has 0 aromatic rings. The molecule has 0 spiro atoms. The quantitative estimate of drug-likeness (QED) is 0.784. The molecule has 0 aromatic heterocycles. The standard InChI is InChI=1S/C16H22ClNO3/c17-16-5-9-1-10(6-16)4-15(3-9,7-16)8-18-13(19)11-2-12(11)14(20)21/h9-12H,1-8H2,(H,18,19)(H,20,21)/t9?,10?,11-,12+,15?,16?/m1/s1. The van der Waals surface area contributed by atoms with E-state index in [1.54, 1.807) is 0 Å². The van der Waals surface area contributed by atoms with Crippen molar-refractivity contribution in [1.29, 1.82) is 0 Å². The summed E-state index contributed by atoms with van der Waals surface area (Å²) in [5, 5.41) is 11.9. The highest BCUT2D eigenvalue weighted by Crippen LogP contribution is 2.63. The topological polar surface area (TPSA) is 66.4 Å². The van der Waals surface area contributed by atoms with Crippen molar-refractivity contribution in [3.63, 3.8) is 0 Å². The van der Waals surface area contributed by atoms with E-state index in [2.05, 4.69) is 5.32 Å². The van der Waals surface area contributed by atoms with Gasteiger partial charge in [0.05, 0.1) is 11.8 Å². The minimum absolute atomic E-state index is 0.0298. The Morgan fingerprint density at radius 2 is 1.76 bits per heavy atom. The van der Waals surface area contributed by atoms with E-state index in [0.717, 1.165) is 31.1 Å². The van der Waals surface area contributed by atoms with E-state index < -0.39 is 11.9 Å². The number of aliphatic carboxylic acids is 1. The third-order valence-corrected chi connectivity index (χ3v) is 6.64. The number of hydrogen-bond acceptors (Lipinski definition) is 2. The lowest BCUT2D eigenvalue weighted by atomic mass is 9.49. The van der Waals surface area contributed by atoms with Crippen LogP contribution in [-0.2, 0) is 9.59 Å². The van der Waals surface area contributed by atoms with E-state index in [0.29, 0.717) is 13.0 Å². The van der Waals surface area contributed by atoms with Crippen LogP contribution in [0.4, 0.5) is 0 Å². The number of halogens is 1. The van der Waals surface area contributed by atoms with Crippen molar-refractivity contribution in [2.24, 2.45) is 29.1 Å². The van der Waals surface area contributed by atoms with Gasteiger partial charge in [0, 0.05) is 11.4 Å². The first-order valence-electron chi connectivity index (χ1n) is 8.08. The van der Waals surface area contributed by atoms with Gasteiger partial charge in [-0.25, -0.2) is 0 Å². The van der Waals surface area contributed by atoms with E-state index in [1.807, 2.05) is 0 Å². The summed E-state index contributed by atoms with van der Waals surface area (Å²) in [5.74, 6) is -0.213. The van der Waals surface area contributed by atoms with E-state index in [9.17, 15) is 9.59 Å². The second-order valence-corrected chi connectivity index (χ2v) is 8.92. The summed E-state index contributed by atoms with van der Waals surface area (Å²) in [6.45, 7) is 0.691. The maximum Gasteiger partial charge on any atom is 0.307 e. The Bertz CT molecular complexity index is 492. The fraction of sp³-hybridized carbons (Fsp3) is 0.875. The molecule has 4 bridgehead atoms. The number of amides is 1. The lowest BCUT2D eigenvalue weighted by Gasteiger charge is -2.60. The SMILES string of the molecule is O=C(O)[C@H]1C[C@H]1C(=O)NCC12CC3CC(CC(Cl)(C3)C1)C2. The smallest absolute Gasteiger partial charge is 0.307 e. The van der Waals surface area contributed by atoms with Gasteiger partial charge in [-0.2, -0.15) is 0 Å². The summed E-state index contributed by atoms with van der Waals surface area (Å²) in [5.41, 5.74) is 0.176. The van der Waals surface area contributed by atoms with Gasteiger partial charge in [-0.3, -0.25) is 9.59 Å². The number of nitrogens with one attached hydrogen (secondary N) is 1. The fourth-order valence-electron chi connectivity index (χ4n) is 5.71. The van der Waals surface area contributed by atoms with Crippen molar-refractivity contribution >= 4 is 23.5 Å². The molecule has 5 fully saturated rings. The van der Waals surface area contributed by atoms with Gasteiger partial charge in [0.1, 0.15) is 0 Å². The van der Waals surface area contributed by atoms with Crippen LogP contribution in [0.25, 0.3) is 0 Å². The summed E-state index contributed by atoms with van der Waals surface area (Å²) in [6, 6.07) is 0. The Hall–Kier alpha value is -0.770. The molecular formula is C16H22ClNO3. The molecule has 5 rings (SSSR count). The van der Waals surface area contributed by atoms with Crippen molar-refractivity contribution in [1.82, 2.24) is 5.32 Å². The Labute approximate surface area is 129 Å². The van der Waals surface area contributed by atoms with E-state index in [1.165, 1.54) is 19.3 Å². The largest absolute Gasteiger partial charge is 0.481 e. The predicted molar refractivity (Wildman–Crippen MR) is 77.9 cm³/mol. The fourth-order valence-corrected chi connectivity index (χ4v) is 6.43. The van der Waals surface area contributed by atoms with Crippen molar-refractivity contribution in [3.8, 4) is 0 Å². The average molecular weight is 312 g/mol. The van der Waals surface area contributed by atoms with Crippen LogP contribution >= 0.6 is 11.6 Å². The molecule has 0 aliphatic heterocycles. The van der Waals surface area contributed by atoms with Crippen LogP contribution in [0.15, 0.2) is 0 Å². The Morgan fingerprint density at radius 3 is 2.29 bits per heavy atom. The number of carboxylic acids is 1. The van der Waals surface area contributed by atoms with Gasteiger partial charge in [0.25, 0.3) is 0 Å². The molecule has 2 N–H and O–H groups in total. The van der Waals surface area contributed by atoms with Crippen molar-refractivity contribution in [3.05, 3.63) is 0 Å². The van der Waals surface area contributed by atoms with Crippen molar-refractivity contribution in [2.45, 2.75) is 49.8 Å². The number of carbonyl (C=O) groups excluding carboxylic acids is 1. The summed E-state index contributed by atoms with van der Waals surface area (Å²) < 4.78 is 0. The first kappa shape index (κ1) is 13.9. The van der Waals surface area contributed by atoms with Crippen molar-refractivity contribution < 1.29 is 14.7 Å². The number of alkyl halides is 1. The van der Waals surface area contributed by atoms with Gasteiger partial charge in [-0.05, 0) is 62.2 Å². The van der Waals surface area contributed by atoms with E-state index in [-0.39, 0.29) is 22.1 Å². The molecule has 0 saturated heterocycles.